The Balaban J connectivity index is 0.000000680. The van der Waals surface area contributed by atoms with Crippen molar-refractivity contribution in [2.45, 2.75) is 316 Å². The number of hydrogen-bond acceptors (Lipinski definition) is 15. The Morgan fingerprint density at radius 2 is 0.355 bits per heavy atom. The number of carbonyl (C=O) groups is 5. The van der Waals surface area contributed by atoms with Crippen molar-refractivity contribution in [3.8, 4) is 28.7 Å². The Labute approximate surface area is 684 Å². The van der Waals surface area contributed by atoms with Gasteiger partial charge in [-0.15, -0.1) is 63.1 Å². The molecule has 0 aromatic heterocycles. The molecular formula is C90H135F5O10S5. The summed E-state index contributed by atoms with van der Waals surface area (Å²) in [5, 5.41) is 0. The Bertz CT molecular complexity index is 2690. The van der Waals surface area contributed by atoms with Crippen LogP contribution in [0.3, 0.4) is 0 Å². The van der Waals surface area contributed by atoms with Gasteiger partial charge >= 0.3 is 29.8 Å². The fraction of sp³-hybridized carbons (Fsp3) is 0.611. The number of halogens is 5. The number of thiol groups is 5. The van der Waals surface area contributed by atoms with E-state index in [0.717, 1.165) is 118 Å². The van der Waals surface area contributed by atoms with Gasteiger partial charge in [-0.05, 0) is 279 Å². The lowest BCUT2D eigenvalue weighted by atomic mass is 9.80. The highest BCUT2D eigenvalue weighted by atomic mass is 32.1. The van der Waals surface area contributed by atoms with Gasteiger partial charge < -0.3 is 23.7 Å². The molecule has 0 amide bonds. The Hall–Kier alpha value is -5.15. The molecule has 0 aliphatic heterocycles. The number of carbonyl (C=O) groups excluding carboxylic acids is 5. The van der Waals surface area contributed by atoms with E-state index in [2.05, 4.69) is 97.8 Å². The van der Waals surface area contributed by atoms with E-state index in [1.165, 1.54) is 193 Å². The molecule has 110 heavy (non-hydrogen) atoms. The largest absolute Gasteiger partial charge is 0.426 e. The number of unbranched alkanes of at least 4 members (excludes halogenated alkanes) is 10. The second kappa shape index (κ2) is 60.4. The minimum absolute atomic E-state index is 0. The number of benzene rings is 5. The number of hydrogen-bond donors (Lipinski definition) is 5. The molecule has 5 aliphatic carbocycles. The summed E-state index contributed by atoms with van der Waals surface area (Å²) in [7, 11) is 0. The highest BCUT2D eigenvalue weighted by molar-refractivity contribution is 7.81. The summed E-state index contributed by atoms with van der Waals surface area (Å²) in [4.78, 5) is 65.3. The molecule has 5 aliphatic rings. The van der Waals surface area contributed by atoms with Gasteiger partial charge in [0.05, 0.1) is 29.6 Å². The summed E-state index contributed by atoms with van der Waals surface area (Å²) >= 11 is 21.1. The lowest BCUT2D eigenvalue weighted by molar-refractivity contribution is -0.141. The molecule has 5 fully saturated rings. The van der Waals surface area contributed by atoms with E-state index in [0.29, 0.717) is 28.7 Å². The smallest absolute Gasteiger partial charge is 0.314 e. The third-order valence-corrected chi connectivity index (χ3v) is 23.7. The molecule has 0 atom stereocenters. The van der Waals surface area contributed by atoms with Crippen LogP contribution in [0.5, 0.6) is 28.7 Å². The Morgan fingerprint density at radius 1 is 0.227 bits per heavy atom. The zero-order valence-corrected chi connectivity index (χ0v) is 70.9. The molecule has 0 N–H and O–H groups in total. The number of rotatable bonds is 30. The van der Waals surface area contributed by atoms with Gasteiger partial charge in [0.2, 0.25) is 0 Å². The van der Waals surface area contributed by atoms with Crippen molar-refractivity contribution in [3.05, 3.63) is 121 Å². The molecule has 0 spiro atoms. The Kier molecular flexibility index (Phi) is 56.5. The van der Waals surface area contributed by atoms with Crippen molar-refractivity contribution in [1.82, 2.24) is 0 Å². The molecule has 0 unspecified atom stereocenters. The van der Waals surface area contributed by atoms with Crippen molar-refractivity contribution in [3.63, 3.8) is 0 Å². The van der Waals surface area contributed by atoms with Crippen molar-refractivity contribution < 1.29 is 71.2 Å². The lowest BCUT2D eigenvalue weighted by Gasteiger charge is -2.27. The van der Waals surface area contributed by atoms with E-state index in [9.17, 15) is 24.0 Å². The predicted molar refractivity (Wildman–Crippen MR) is 457 cm³/mol. The van der Waals surface area contributed by atoms with Crippen LogP contribution in [0.2, 0.25) is 0 Å². The lowest BCUT2D eigenvalue weighted by Crippen LogP contribution is -2.25. The van der Waals surface area contributed by atoms with E-state index in [4.69, 9.17) is 23.7 Å². The summed E-state index contributed by atoms with van der Waals surface area (Å²) in [5.74, 6) is 7.38. The summed E-state index contributed by atoms with van der Waals surface area (Å²) in [5.41, 5.74) is 0. The van der Waals surface area contributed by atoms with E-state index in [1.54, 1.807) is 60.7 Å². The maximum Gasteiger partial charge on any atom is 0.314 e. The highest BCUT2D eigenvalue weighted by Crippen LogP contribution is 2.39. The summed E-state index contributed by atoms with van der Waals surface area (Å²) in [6.45, 7) is 11.2. The first-order valence-electron chi connectivity index (χ1n) is 41.0. The average molecular weight is 1630 g/mol. The normalized spacial score (nSPS) is 21.0. The topological polar surface area (TPSA) is 132 Å². The zero-order chi connectivity index (χ0) is 75.4. The van der Waals surface area contributed by atoms with Gasteiger partial charge in [0.25, 0.3) is 0 Å². The molecule has 5 saturated carbocycles. The third-order valence-electron chi connectivity index (χ3n) is 22.3. The predicted octanol–water partition coefficient (Wildman–Crippen LogP) is 27.1. The van der Waals surface area contributed by atoms with Crippen LogP contribution in [0, 0.1) is 59.2 Å². The molecule has 10 nitrogen and oxygen atoms in total. The average Bonchev–Trinajstić information content (AvgIpc) is 0.888. The fourth-order valence-corrected chi connectivity index (χ4v) is 16.2. The van der Waals surface area contributed by atoms with Crippen molar-refractivity contribution >= 4 is 93.0 Å². The van der Waals surface area contributed by atoms with Crippen LogP contribution in [0.4, 0.5) is 23.5 Å². The van der Waals surface area contributed by atoms with E-state index >= 15 is 0 Å². The third kappa shape index (κ3) is 41.8. The molecule has 10 rings (SSSR count). The summed E-state index contributed by atoms with van der Waals surface area (Å²) < 4.78 is 27.3. The van der Waals surface area contributed by atoms with Crippen LogP contribution in [0.1, 0.15) is 291 Å². The molecule has 20 heteroatoms. The Morgan fingerprint density at radius 3 is 0.473 bits per heavy atom. The number of esters is 5. The minimum Gasteiger partial charge on any atom is -0.426 e. The molecule has 0 radical (unpaired) electrons. The maximum absolute atomic E-state index is 12.2. The van der Waals surface area contributed by atoms with Crippen molar-refractivity contribution in [2.75, 3.05) is 0 Å². The van der Waals surface area contributed by atoms with Crippen LogP contribution in [0.15, 0.2) is 146 Å². The van der Waals surface area contributed by atoms with Gasteiger partial charge in [0.1, 0.15) is 28.7 Å². The van der Waals surface area contributed by atoms with Crippen molar-refractivity contribution in [2.24, 2.45) is 59.2 Å². The molecule has 0 bridgehead atoms. The summed E-state index contributed by atoms with van der Waals surface area (Å²) in [6, 6.07) is 36.5. The first kappa shape index (κ1) is 103. The van der Waals surface area contributed by atoms with Gasteiger partial charge in [-0.3, -0.25) is 47.5 Å². The quantitative estimate of drug-likeness (QED) is 0.00996. The van der Waals surface area contributed by atoms with E-state index < -0.39 is 0 Å². The summed E-state index contributed by atoms with van der Waals surface area (Å²) in [6.07, 6.45) is 48.1. The van der Waals surface area contributed by atoms with Crippen LogP contribution in [-0.2, 0) is 24.0 Å². The maximum atomic E-state index is 12.2. The van der Waals surface area contributed by atoms with Gasteiger partial charge in [-0.25, -0.2) is 0 Å². The first-order chi connectivity index (χ1) is 50.9. The van der Waals surface area contributed by atoms with Crippen molar-refractivity contribution in [1.29, 1.82) is 0 Å². The molecule has 0 saturated heterocycles. The molecular weight excluding hydrogens is 1500 g/mol. The van der Waals surface area contributed by atoms with Gasteiger partial charge in [0.15, 0.2) is 0 Å². The van der Waals surface area contributed by atoms with Gasteiger partial charge in [-0.2, -0.15) is 0 Å². The monoisotopic (exact) mass is 1630 g/mol. The second-order valence-corrected chi connectivity index (χ2v) is 33.2. The first-order valence-corrected chi connectivity index (χ1v) is 43.2. The molecule has 620 valence electrons. The fourth-order valence-electron chi connectivity index (χ4n) is 15.4. The van der Waals surface area contributed by atoms with Crippen LogP contribution < -0.4 is 23.7 Å². The molecule has 0 heterocycles. The van der Waals surface area contributed by atoms with Crippen LogP contribution in [-0.4, -0.2) is 29.8 Å². The SMILES string of the molecule is CCCCCC1CCC(C(=O)Oc2ccc(S)cc2)CC1.CCCCCC1CCC(C(=O)Oc2ccc(S)cc2)CC1.CCCCCC1CCC(C(=O)Oc2ccc(S)cc2)CC1.CCCCCC1CCC(C(=O)Oc2ccc(S)cc2)CC1.CCCCCC1CCC(C(=O)Oc2ccc(S)cc2)CC1.F.F.F.F.F. The van der Waals surface area contributed by atoms with Crippen LogP contribution in [0.25, 0.3) is 0 Å². The minimum atomic E-state index is -0.0612. The highest BCUT2D eigenvalue weighted by Gasteiger charge is 2.32. The zero-order valence-electron chi connectivity index (χ0n) is 66.5. The van der Waals surface area contributed by atoms with Gasteiger partial charge in [-0.1, -0.05) is 163 Å². The molecule has 5 aromatic rings. The van der Waals surface area contributed by atoms with Crippen LogP contribution >= 0.6 is 63.1 Å². The van der Waals surface area contributed by atoms with E-state index in [-0.39, 0.29) is 83.0 Å². The standard InChI is InChI=1S/5C18H26O2S.5FH/c5*1-2-3-4-5-14-6-8-15(9-7-14)18(19)20-16-10-12-17(21)13-11-16;;;;;/h5*10-15,21H,2-9H2,1H3;5*1H. The number of ether oxygens (including phenoxy) is 5. The van der Waals surface area contributed by atoms with E-state index in [1.807, 2.05) is 60.7 Å². The molecule has 5 aromatic carbocycles. The second-order valence-electron chi connectivity index (χ2n) is 30.6. The van der Waals surface area contributed by atoms with Gasteiger partial charge in [0, 0.05) is 24.5 Å².